The Morgan fingerprint density at radius 1 is 1.38 bits per heavy atom. The number of hydrogen-bond donors (Lipinski definition) is 2. The van der Waals surface area contributed by atoms with Gasteiger partial charge in [0.1, 0.15) is 5.58 Å². The number of nitrogens with one attached hydrogen (secondary N) is 1. The molecule has 0 saturated heterocycles. The van der Waals surface area contributed by atoms with Crippen LogP contribution in [0, 0.1) is 6.92 Å². The molecule has 1 amide bonds. The lowest BCUT2D eigenvalue weighted by Gasteiger charge is -2.28. The normalized spacial score (nSPS) is 22.4. The second-order valence-electron chi connectivity index (χ2n) is 5.63. The van der Waals surface area contributed by atoms with Crippen LogP contribution in [0.4, 0.5) is 0 Å². The highest BCUT2D eigenvalue weighted by molar-refractivity contribution is 6.31. The molecule has 21 heavy (non-hydrogen) atoms. The Bertz CT molecular complexity index is 679. The molecule has 112 valence electrons. The number of benzene rings is 1. The summed E-state index contributed by atoms with van der Waals surface area (Å²) in [5.41, 5.74) is 1.42. The minimum atomic E-state index is -0.471. The van der Waals surface area contributed by atoms with Gasteiger partial charge in [-0.2, -0.15) is 0 Å². The molecule has 2 aromatic rings. The number of carbonyl (C=O) groups excluding carboxylic acids is 1. The Kier molecular flexibility index (Phi) is 3.91. The lowest BCUT2D eigenvalue weighted by molar-refractivity contribution is 0.0699. The molecular formula is C16H18ClNO3. The number of furan rings is 1. The van der Waals surface area contributed by atoms with Gasteiger partial charge in [-0.25, -0.2) is 0 Å². The zero-order valence-electron chi connectivity index (χ0n) is 11.9. The number of aliphatic hydroxyl groups excluding tert-OH is 1. The van der Waals surface area contributed by atoms with Crippen molar-refractivity contribution in [3.05, 3.63) is 34.5 Å². The first-order valence-electron chi connectivity index (χ1n) is 7.24. The molecule has 1 aromatic carbocycles. The summed E-state index contributed by atoms with van der Waals surface area (Å²) in [4.78, 5) is 12.4. The van der Waals surface area contributed by atoms with Crippen LogP contribution in [0.25, 0.3) is 11.0 Å². The van der Waals surface area contributed by atoms with Gasteiger partial charge in [-0.05, 0) is 38.0 Å². The first-order chi connectivity index (χ1) is 10.1. The lowest BCUT2D eigenvalue weighted by atomic mass is 9.92. The number of aliphatic hydroxyl groups is 1. The number of fused-ring (bicyclic) bond motifs is 1. The van der Waals surface area contributed by atoms with Crippen molar-refractivity contribution < 1.29 is 14.3 Å². The summed E-state index contributed by atoms with van der Waals surface area (Å²) in [6.07, 6.45) is 3.10. The van der Waals surface area contributed by atoms with Crippen molar-refractivity contribution in [3.63, 3.8) is 0 Å². The van der Waals surface area contributed by atoms with Crippen molar-refractivity contribution in [2.24, 2.45) is 0 Å². The third kappa shape index (κ3) is 2.78. The second kappa shape index (κ2) is 5.70. The fourth-order valence-electron chi connectivity index (χ4n) is 2.92. The van der Waals surface area contributed by atoms with Crippen molar-refractivity contribution in [1.29, 1.82) is 0 Å². The van der Waals surface area contributed by atoms with Gasteiger partial charge in [0, 0.05) is 16.0 Å². The van der Waals surface area contributed by atoms with E-state index in [1.807, 2.05) is 6.92 Å². The van der Waals surface area contributed by atoms with Gasteiger partial charge in [-0.15, -0.1) is 0 Å². The van der Waals surface area contributed by atoms with Crippen molar-refractivity contribution in [2.45, 2.75) is 44.8 Å². The van der Waals surface area contributed by atoms with E-state index in [1.54, 1.807) is 18.2 Å². The molecule has 1 aliphatic rings. The summed E-state index contributed by atoms with van der Waals surface area (Å²) in [6, 6.07) is 5.10. The van der Waals surface area contributed by atoms with Crippen LogP contribution < -0.4 is 5.32 Å². The third-order valence-corrected chi connectivity index (χ3v) is 4.39. The van der Waals surface area contributed by atoms with E-state index in [9.17, 15) is 9.90 Å². The highest BCUT2D eigenvalue weighted by atomic mass is 35.5. The topological polar surface area (TPSA) is 62.5 Å². The fourth-order valence-corrected chi connectivity index (χ4v) is 3.10. The molecule has 1 saturated carbocycles. The molecule has 0 radical (unpaired) electrons. The molecule has 2 atom stereocenters. The predicted molar refractivity (Wildman–Crippen MR) is 81.7 cm³/mol. The van der Waals surface area contributed by atoms with E-state index < -0.39 is 6.10 Å². The van der Waals surface area contributed by atoms with E-state index in [0.717, 1.165) is 36.6 Å². The maximum atomic E-state index is 12.4. The zero-order chi connectivity index (χ0) is 15.0. The minimum Gasteiger partial charge on any atom is -0.451 e. The van der Waals surface area contributed by atoms with Gasteiger partial charge >= 0.3 is 0 Å². The van der Waals surface area contributed by atoms with E-state index in [1.165, 1.54) is 0 Å². The van der Waals surface area contributed by atoms with Gasteiger partial charge in [0.25, 0.3) is 5.91 Å². The van der Waals surface area contributed by atoms with E-state index in [0.29, 0.717) is 16.4 Å². The number of hydrogen-bond acceptors (Lipinski definition) is 3. The van der Waals surface area contributed by atoms with Crippen LogP contribution in [0.5, 0.6) is 0 Å². The summed E-state index contributed by atoms with van der Waals surface area (Å²) in [5.74, 6) is 0.0239. The average molecular weight is 308 g/mol. The van der Waals surface area contributed by atoms with Crippen molar-refractivity contribution in [2.75, 3.05) is 0 Å². The summed E-state index contributed by atoms with van der Waals surface area (Å²) in [5, 5.41) is 14.3. The molecule has 3 rings (SSSR count). The molecule has 0 spiro atoms. The number of carbonyl (C=O) groups is 1. The zero-order valence-corrected chi connectivity index (χ0v) is 12.6. The van der Waals surface area contributed by atoms with E-state index in [2.05, 4.69) is 5.32 Å². The molecule has 0 bridgehead atoms. The Morgan fingerprint density at radius 2 is 2.14 bits per heavy atom. The monoisotopic (exact) mass is 307 g/mol. The highest BCUT2D eigenvalue weighted by Crippen LogP contribution is 2.28. The standard InChI is InChI=1S/C16H18ClNO3/c1-9-11-8-10(17)6-7-14(11)21-15(9)16(20)18-12-4-2-3-5-13(12)19/h6-8,12-13,19H,2-5H2,1H3,(H,18,20). The molecule has 2 unspecified atom stereocenters. The van der Waals surface area contributed by atoms with Gasteiger partial charge in [-0.3, -0.25) is 4.79 Å². The van der Waals surface area contributed by atoms with Gasteiger partial charge < -0.3 is 14.8 Å². The number of halogens is 1. The number of aryl methyl sites for hydroxylation is 1. The van der Waals surface area contributed by atoms with Crippen LogP contribution in [-0.4, -0.2) is 23.2 Å². The Labute approximate surface area is 128 Å². The van der Waals surface area contributed by atoms with Gasteiger partial charge in [0.2, 0.25) is 0 Å². The largest absolute Gasteiger partial charge is 0.451 e. The van der Waals surface area contributed by atoms with Crippen LogP contribution in [0.3, 0.4) is 0 Å². The van der Waals surface area contributed by atoms with E-state index >= 15 is 0 Å². The van der Waals surface area contributed by atoms with Gasteiger partial charge in [0.15, 0.2) is 5.76 Å². The molecule has 1 fully saturated rings. The Morgan fingerprint density at radius 3 is 2.90 bits per heavy atom. The van der Waals surface area contributed by atoms with Crippen LogP contribution in [0.15, 0.2) is 22.6 Å². The van der Waals surface area contributed by atoms with Crippen molar-refractivity contribution >= 4 is 28.5 Å². The van der Waals surface area contributed by atoms with Gasteiger partial charge in [0.05, 0.1) is 12.1 Å². The molecule has 1 heterocycles. The first-order valence-corrected chi connectivity index (χ1v) is 7.61. The maximum Gasteiger partial charge on any atom is 0.287 e. The van der Waals surface area contributed by atoms with Crippen LogP contribution in [0.2, 0.25) is 5.02 Å². The predicted octanol–water partition coefficient (Wildman–Crippen LogP) is 3.43. The summed E-state index contributed by atoms with van der Waals surface area (Å²) < 4.78 is 5.64. The van der Waals surface area contributed by atoms with Crippen LogP contribution >= 0.6 is 11.6 Å². The van der Waals surface area contributed by atoms with Crippen molar-refractivity contribution in [3.8, 4) is 0 Å². The Balaban J connectivity index is 1.86. The molecular weight excluding hydrogens is 290 g/mol. The van der Waals surface area contributed by atoms with Crippen LogP contribution in [-0.2, 0) is 0 Å². The third-order valence-electron chi connectivity index (χ3n) is 4.15. The smallest absolute Gasteiger partial charge is 0.287 e. The van der Waals surface area contributed by atoms with Gasteiger partial charge in [-0.1, -0.05) is 24.4 Å². The molecule has 5 heteroatoms. The quantitative estimate of drug-likeness (QED) is 0.893. The molecule has 4 nitrogen and oxygen atoms in total. The molecule has 1 aromatic heterocycles. The molecule has 1 aliphatic carbocycles. The number of amides is 1. The second-order valence-corrected chi connectivity index (χ2v) is 6.06. The summed E-state index contributed by atoms with van der Waals surface area (Å²) in [7, 11) is 0. The minimum absolute atomic E-state index is 0.192. The number of rotatable bonds is 2. The fraction of sp³-hybridized carbons (Fsp3) is 0.438. The van der Waals surface area contributed by atoms with Crippen LogP contribution in [0.1, 0.15) is 41.8 Å². The lowest BCUT2D eigenvalue weighted by Crippen LogP contribution is -2.45. The van der Waals surface area contributed by atoms with Crippen molar-refractivity contribution in [1.82, 2.24) is 5.32 Å². The summed E-state index contributed by atoms with van der Waals surface area (Å²) >= 11 is 5.98. The SMILES string of the molecule is Cc1c(C(=O)NC2CCCCC2O)oc2ccc(Cl)cc12. The first kappa shape index (κ1) is 14.4. The molecule has 0 aliphatic heterocycles. The molecule has 2 N–H and O–H groups in total. The summed E-state index contributed by atoms with van der Waals surface area (Å²) in [6.45, 7) is 1.84. The average Bonchev–Trinajstić information content (AvgIpc) is 2.79. The van der Waals surface area contributed by atoms with E-state index in [-0.39, 0.29) is 11.9 Å². The van der Waals surface area contributed by atoms with E-state index in [4.69, 9.17) is 16.0 Å². The Hall–Kier alpha value is -1.52. The maximum absolute atomic E-state index is 12.4. The highest BCUT2D eigenvalue weighted by Gasteiger charge is 2.27.